The molecule has 1 atom stereocenters. The van der Waals surface area contributed by atoms with Crippen molar-refractivity contribution < 1.29 is 4.79 Å². The molecule has 2 aromatic heterocycles. The highest BCUT2D eigenvalue weighted by Gasteiger charge is 2.29. The van der Waals surface area contributed by atoms with Crippen molar-refractivity contribution in [2.75, 3.05) is 13.1 Å². The molecule has 0 aliphatic carbocycles. The van der Waals surface area contributed by atoms with Crippen molar-refractivity contribution >= 4 is 11.6 Å². The summed E-state index contributed by atoms with van der Waals surface area (Å²) in [4.78, 5) is 35.0. The van der Waals surface area contributed by atoms with Gasteiger partial charge in [-0.3, -0.25) is 19.6 Å². The summed E-state index contributed by atoms with van der Waals surface area (Å²) < 4.78 is 1.58. The lowest BCUT2D eigenvalue weighted by Gasteiger charge is -2.35. The fraction of sp³-hybridized carbons (Fsp3) is 0.500. The summed E-state index contributed by atoms with van der Waals surface area (Å²) >= 11 is 0. The number of carbonyl (C=O) groups is 1. The molecule has 1 N–H and O–H groups in total. The standard InChI is InChI=1S/C26H33N5O2/c1-17(2)25(32)30-12-10-21-20(16-30)26(33)31-24(27-21)14-22(28-31)23-9-4-5-11-29(23)15-19-8-6-7-18(3)13-19/h6-8,13-14,17,23,28H,4-5,9-12,15-16H2,1-3H3/t23-/m0/s1. The van der Waals surface area contributed by atoms with Gasteiger partial charge in [0.25, 0.3) is 5.56 Å². The Labute approximate surface area is 194 Å². The Hall–Kier alpha value is -2.93. The van der Waals surface area contributed by atoms with Crippen LogP contribution in [0.25, 0.3) is 5.65 Å². The zero-order valence-corrected chi connectivity index (χ0v) is 19.8. The minimum atomic E-state index is -0.0800. The first-order valence-electron chi connectivity index (χ1n) is 12.1. The largest absolute Gasteiger partial charge is 0.337 e. The van der Waals surface area contributed by atoms with Gasteiger partial charge in [0, 0.05) is 31.5 Å². The maximum Gasteiger partial charge on any atom is 0.277 e. The van der Waals surface area contributed by atoms with Crippen LogP contribution in [-0.4, -0.2) is 43.4 Å². The van der Waals surface area contributed by atoms with Crippen LogP contribution in [0, 0.1) is 12.8 Å². The number of rotatable bonds is 4. The second-order valence-corrected chi connectivity index (χ2v) is 9.88. The molecule has 7 heteroatoms. The van der Waals surface area contributed by atoms with Gasteiger partial charge in [-0.2, -0.15) is 0 Å². The minimum absolute atomic E-state index is 0.0752. The van der Waals surface area contributed by atoms with E-state index in [9.17, 15) is 9.59 Å². The van der Waals surface area contributed by atoms with Crippen LogP contribution in [0.5, 0.6) is 0 Å². The van der Waals surface area contributed by atoms with Crippen LogP contribution in [-0.2, 0) is 24.3 Å². The monoisotopic (exact) mass is 447 g/mol. The van der Waals surface area contributed by atoms with Gasteiger partial charge >= 0.3 is 0 Å². The number of carbonyl (C=O) groups excluding carboxylic acids is 1. The summed E-state index contributed by atoms with van der Waals surface area (Å²) in [6.45, 7) is 8.83. The van der Waals surface area contributed by atoms with Gasteiger partial charge in [0.15, 0.2) is 5.65 Å². The van der Waals surface area contributed by atoms with E-state index in [0.717, 1.165) is 30.9 Å². The third kappa shape index (κ3) is 4.22. The Morgan fingerprint density at radius 3 is 2.85 bits per heavy atom. The molecular formula is C26H33N5O2. The van der Waals surface area contributed by atoms with Gasteiger partial charge in [-0.1, -0.05) is 50.1 Å². The number of benzene rings is 1. The van der Waals surface area contributed by atoms with E-state index < -0.39 is 0 Å². The molecular weight excluding hydrogens is 414 g/mol. The Morgan fingerprint density at radius 2 is 2.06 bits per heavy atom. The maximum absolute atomic E-state index is 13.4. The van der Waals surface area contributed by atoms with Crippen molar-refractivity contribution in [3.63, 3.8) is 0 Å². The van der Waals surface area contributed by atoms with Crippen molar-refractivity contribution in [1.29, 1.82) is 0 Å². The van der Waals surface area contributed by atoms with Gasteiger partial charge < -0.3 is 4.90 Å². The molecule has 1 fully saturated rings. The molecule has 33 heavy (non-hydrogen) atoms. The number of piperidine rings is 1. The van der Waals surface area contributed by atoms with Crippen LogP contribution < -0.4 is 5.56 Å². The van der Waals surface area contributed by atoms with E-state index in [-0.39, 0.29) is 23.4 Å². The molecule has 5 rings (SSSR count). The first-order valence-corrected chi connectivity index (χ1v) is 12.1. The van der Waals surface area contributed by atoms with E-state index >= 15 is 0 Å². The number of H-pyrrole nitrogens is 1. The van der Waals surface area contributed by atoms with E-state index in [1.807, 2.05) is 19.9 Å². The summed E-state index contributed by atoms with van der Waals surface area (Å²) in [7, 11) is 0. The number of aromatic nitrogens is 3. The Morgan fingerprint density at radius 1 is 1.21 bits per heavy atom. The lowest BCUT2D eigenvalue weighted by Crippen LogP contribution is -2.41. The average molecular weight is 448 g/mol. The second-order valence-electron chi connectivity index (χ2n) is 9.88. The molecule has 1 aromatic carbocycles. The molecule has 1 saturated heterocycles. The van der Waals surface area contributed by atoms with Crippen LogP contribution in [0.2, 0.25) is 0 Å². The van der Waals surface area contributed by atoms with Crippen molar-refractivity contribution in [3.8, 4) is 0 Å². The molecule has 2 aliphatic heterocycles. The van der Waals surface area contributed by atoms with Crippen LogP contribution >= 0.6 is 0 Å². The van der Waals surface area contributed by atoms with Gasteiger partial charge in [-0.25, -0.2) is 9.50 Å². The lowest BCUT2D eigenvalue weighted by molar-refractivity contribution is -0.135. The maximum atomic E-state index is 13.4. The van der Waals surface area contributed by atoms with Crippen LogP contribution in [0.3, 0.4) is 0 Å². The SMILES string of the molecule is Cc1cccc(CN2CCCC[C@H]2c2cc3nc4c(c(=O)n3[nH]2)CN(C(=O)C(C)C)CC4)c1. The highest BCUT2D eigenvalue weighted by Crippen LogP contribution is 2.32. The zero-order chi connectivity index (χ0) is 23.1. The number of hydrogen-bond acceptors (Lipinski definition) is 4. The Balaban J connectivity index is 1.46. The van der Waals surface area contributed by atoms with Crippen molar-refractivity contribution in [3.05, 3.63) is 68.8 Å². The third-order valence-corrected chi connectivity index (χ3v) is 7.03. The number of amides is 1. The highest BCUT2D eigenvalue weighted by molar-refractivity contribution is 5.78. The van der Waals surface area contributed by atoms with E-state index in [2.05, 4.69) is 41.2 Å². The van der Waals surface area contributed by atoms with E-state index in [0.29, 0.717) is 30.7 Å². The summed E-state index contributed by atoms with van der Waals surface area (Å²) in [6, 6.07) is 11.0. The van der Waals surface area contributed by atoms with Gasteiger partial charge in [0.2, 0.25) is 5.91 Å². The number of nitrogens with one attached hydrogen (secondary N) is 1. The molecule has 0 spiro atoms. The zero-order valence-electron chi connectivity index (χ0n) is 19.8. The van der Waals surface area contributed by atoms with Gasteiger partial charge in [-0.15, -0.1) is 0 Å². The molecule has 7 nitrogen and oxygen atoms in total. The number of fused-ring (bicyclic) bond motifs is 2. The average Bonchev–Trinajstić information content (AvgIpc) is 3.23. The fourth-order valence-electron chi connectivity index (χ4n) is 5.30. The topological polar surface area (TPSA) is 73.7 Å². The number of aromatic amines is 1. The molecule has 0 radical (unpaired) electrons. The molecule has 1 amide bonds. The van der Waals surface area contributed by atoms with Gasteiger partial charge in [0.1, 0.15) is 0 Å². The van der Waals surface area contributed by atoms with E-state index in [4.69, 9.17) is 4.98 Å². The van der Waals surface area contributed by atoms with E-state index in [1.165, 1.54) is 24.0 Å². The highest BCUT2D eigenvalue weighted by atomic mass is 16.2. The molecule has 4 heterocycles. The lowest BCUT2D eigenvalue weighted by atomic mass is 9.98. The summed E-state index contributed by atoms with van der Waals surface area (Å²) in [5.41, 5.74) is 5.71. The molecule has 3 aromatic rings. The molecule has 0 bridgehead atoms. The number of nitrogens with zero attached hydrogens (tertiary/aromatic N) is 4. The Kier molecular flexibility index (Phi) is 5.83. The van der Waals surface area contributed by atoms with Crippen LogP contribution in [0.1, 0.15) is 67.2 Å². The first-order chi connectivity index (χ1) is 15.9. The Bertz CT molecular complexity index is 1240. The molecule has 174 valence electrons. The molecule has 2 aliphatic rings. The normalized spacial score (nSPS) is 19.3. The fourth-order valence-corrected chi connectivity index (χ4v) is 5.30. The first kappa shape index (κ1) is 21.9. The van der Waals surface area contributed by atoms with Crippen molar-refractivity contribution in [1.82, 2.24) is 24.4 Å². The van der Waals surface area contributed by atoms with Crippen molar-refractivity contribution in [2.24, 2.45) is 5.92 Å². The predicted octanol–water partition coefficient (Wildman–Crippen LogP) is 3.60. The number of aryl methyl sites for hydroxylation is 1. The van der Waals surface area contributed by atoms with Crippen LogP contribution in [0.4, 0.5) is 0 Å². The minimum Gasteiger partial charge on any atom is -0.337 e. The predicted molar refractivity (Wildman–Crippen MR) is 128 cm³/mol. The summed E-state index contributed by atoms with van der Waals surface area (Å²) in [6.07, 6.45) is 4.05. The second kappa shape index (κ2) is 8.78. The van der Waals surface area contributed by atoms with Gasteiger partial charge in [0.05, 0.1) is 29.5 Å². The quantitative estimate of drug-likeness (QED) is 0.663. The third-order valence-electron chi connectivity index (χ3n) is 7.03. The van der Waals surface area contributed by atoms with E-state index in [1.54, 1.807) is 9.42 Å². The summed E-state index contributed by atoms with van der Waals surface area (Å²) in [5.74, 6) is 0.0140. The van der Waals surface area contributed by atoms with Crippen molar-refractivity contribution in [2.45, 2.75) is 65.6 Å². The van der Waals surface area contributed by atoms with Crippen LogP contribution in [0.15, 0.2) is 35.1 Å². The molecule has 0 saturated carbocycles. The smallest absolute Gasteiger partial charge is 0.277 e. The number of hydrogen-bond donors (Lipinski definition) is 1. The molecule has 0 unspecified atom stereocenters. The van der Waals surface area contributed by atoms with Gasteiger partial charge in [-0.05, 0) is 31.9 Å². The summed E-state index contributed by atoms with van der Waals surface area (Å²) in [5, 5.41) is 3.37. The number of likely N-dealkylation sites (tertiary alicyclic amines) is 1.